The minimum absolute atomic E-state index is 0.0408. The molecule has 0 aliphatic rings. The van der Waals surface area contributed by atoms with Crippen LogP contribution in [0, 0.1) is 17.1 Å². The normalized spacial score (nSPS) is 9.33. The number of carboxylic acid groups (broad SMARTS) is 1. The average Bonchev–Trinajstić information content (AvgIpc) is 2.43. The first-order valence-electron chi connectivity index (χ1n) is 5.66. The molecule has 1 aromatic rings. The lowest BCUT2D eigenvalue weighted by Gasteiger charge is -2.09. The van der Waals surface area contributed by atoms with E-state index in [1.807, 2.05) is 5.32 Å². The SMILES string of the molecule is N#Cc1c(F)cccc1NC(=O)NCC(=O)NCC(=O)O. The molecule has 0 aliphatic carbocycles. The minimum Gasteiger partial charge on any atom is -0.480 e. The van der Waals surface area contributed by atoms with Crippen molar-refractivity contribution in [2.75, 3.05) is 18.4 Å². The second kappa shape index (κ2) is 7.44. The highest BCUT2D eigenvalue weighted by molar-refractivity contribution is 5.93. The number of rotatable bonds is 5. The fourth-order valence-electron chi connectivity index (χ4n) is 1.31. The molecule has 1 rings (SSSR count). The second-order valence-corrected chi connectivity index (χ2v) is 3.75. The summed E-state index contributed by atoms with van der Waals surface area (Å²) in [5.74, 6) is -2.70. The number of amides is 3. The summed E-state index contributed by atoms with van der Waals surface area (Å²) in [6.45, 7) is -1.03. The molecule has 0 aromatic heterocycles. The predicted octanol–water partition coefficient (Wildman–Crippen LogP) is 0.0197. The lowest BCUT2D eigenvalue weighted by Crippen LogP contribution is -2.40. The van der Waals surface area contributed by atoms with Crippen molar-refractivity contribution < 1.29 is 23.9 Å². The van der Waals surface area contributed by atoms with Gasteiger partial charge in [0.25, 0.3) is 0 Å². The Morgan fingerprint density at radius 3 is 2.57 bits per heavy atom. The van der Waals surface area contributed by atoms with Gasteiger partial charge >= 0.3 is 12.0 Å². The first kappa shape index (κ1) is 15.9. The lowest BCUT2D eigenvalue weighted by molar-refractivity contribution is -0.137. The third-order valence-corrected chi connectivity index (χ3v) is 2.22. The molecule has 0 spiro atoms. The fraction of sp³-hybridized carbons (Fsp3) is 0.167. The summed E-state index contributed by atoms with van der Waals surface area (Å²) in [7, 11) is 0. The summed E-state index contributed by atoms with van der Waals surface area (Å²) in [6.07, 6.45) is 0. The molecule has 3 amide bonds. The van der Waals surface area contributed by atoms with Gasteiger partial charge in [-0.2, -0.15) is 5.26 Å². The molecule has 8 nitrogen and oxygen atoms in total. The van der Waals surface area contributed by atoms with Gasteiger partial charge in [0, 0.05) is 0 Å². The third-order valence-electron chi connectivity index (χ3n) is 2.22. The van der Waals surface area contributed by atoms with E-state index >= 15 is 0 Å². The van der Waals surface area contributed by atoms with Gasteiger partial charge in [0.1, 0.15) is 24.0 Å². The Morgan fingerprint density at radius 2 is 1.95 bits per heavy atom. The van der Waals surface area contributed by atoms with Gasteiger partial charge in [-0.05, 0) is 12.1 Å². The van der Waals surface area contributed by atoms with Crippen LogP contribution >= 0.6 is 0 Å². The summed E-state index contributed by atoms with van der Waals surface area (Å²) >= 11 is 0. The summed E-state index contributed by atoms with van der Waals surface area (Å²) < 4.78 is 13.3. The zero-order valence-corrected chi connectivity index (χ0v) is 10.6. The highest BCUT2D eigenvalue weighted by atomic mass is 19.1. The largest absolute Gasteiger partial charge is 0.480 e. The van der Waals surface area contributed by atoms with Gasteiger partial charge in [-0.15, -0.1) is 0 Å². The monoisotopic (exact) mass is 294 g/mol. The molecule has 1 aromatic carbocycles. The standard InChI is InChI=1S/C12H11FN4O4/c13-8-2-1-3-9(7(8)4-14)17-12(21)16-5-10(18)15-6-11(19)20/h1-3H,5-6H2,(H,15,18)(H,19,20)(H2,16,17,21). The summed E-state index contributed by atoms with van der Waals surface area (Å²) in [6, 6.07) is 4.48. The molecule has 4 N–H and O–H groups in total. The first-order chi connectivity index (χ1) is 9.93. The summed E-state index contributed by atoms with van der Waals surface area (Å²) in [4.78, 5) is 32.8. The Balaban J connectivity index is 2.52. The average molecular weight is 294 g/mol. The Hall–Kier alpha value is -3.15. The highest BCUT2D eigenvalue weighted by Gasteiger charge is 2.11. The quantitative estimate of drug-likeness (QED) is 0.608. The molecular weight excluding hydrogens is 283 g/mol. The first-order valence-corrected chi connectivity index (χ1v) is 5.66. The van der Waals surface area contributed by atoms with Crippen LogP contribution in [0.15, 0.2) is 18.2 Å². The van der Waals surface area contributed by atoms with Gasteiger partial charge in [0.2, 0.25) is 5.91 Å². The molecule has 21 heavy (non-hydrogen) atoms. The number of nitrogens with one attached hydrogen (secondary N) is 3. The number of aliphatic carboxylic acids is 1. The Kier molecular flexibility index (Phi) is 5.64. The molecule has 0 saturated heterocycles. The molecule has 110 valence electrons. The van der Waals surface area contributed by atoms with E-state index in [9.17, 15) is 18.8 Å². The van der Waals surface area contributed by atoms with E-state index in [1.54, 1.807) is 6.07 Å². The van der Waals surface area contributed by atoms with E-state index in [-0.39, 0.29) is 11.3 Å². The number of carbonyl (C=O) groups is 3. The van der Waals surface area contributed by atoms with E-state index < -0.39 is 36.8 Å². The van der Waals surface area contributed by atoms with Crippen LogP contribution in [0.1, 0.15) is 5.56 Å². The van der Waals surface area contributed by atoms with Gasteiger partial charge in [-0.25, -0.2) is 9.18 Å². The van der Waals surface area contributed by atoms with Crippen molar-refractivity contribution >= 4 is 23.6 Å². The van der Waals surface area contributed by atoms with E-state index in [2.05, 4.69) is 10.6 Å². The van der Waals surface area contributed by atoms with E-state index in [4.69, 9.17) is 10.4 Å². The van der Waals surface area contributed by atoms with Crippen LogP contribution in [0.3, 0.4) is 0 Å². The van der Waals surface area contributed by atoms with Crippen LogP contribution in [-0.2, 0) is 9.59 Å². The number of carboxylic acids is 1. The Bertz CT molecular complexity index is 612. The molecular formula is C12H11FN4O4. The molecule has 0 saturated carbocycles. The summed E-state index contributed by atoms with van der Waals surface area (Å²) in [5, 5.41) is 23.5. The van der Waals surface area contributed by atoms with Crippen molar-refractivity contribution in [3.05, 3.63) is 29.6 Å². The number of nitriles is 1. The van der Waals surface area contributed by atoms with Gasteiger partial charge < -0.3 is 21.1 Å². The maximum absolute atomic E-state index is 13.3. The predicted molar refractivity (Wildman–Crippen MR) is 68.8 cm³/mol. The lowest BCUT2D eigenvalue weighted by atomic mass is 10.2. The highest BCUT2D eigenvalue weighted by Crippen LogP contribution is 2.17. The Morgan fingerprint density at radius 1 is 1.24 bits per heavy atom. The van der Waals surface area contributed by atoms with Gasteiger partial charge in [-0.1, -0.05) is 6.07 Å². The molecule has 0 aliphatic heterocycles. The van der Waals surface area contributed by atoms with Crippen molar-refractivity contribution in [1.29, 1.82) is 5.26 Å². The van der Waals surface area contributed by atoms with Crippen LogP contribution in [0.4, 0.5) is 14.9 Å². The molecule has 0 fully saturated rings. The number of carbonyl (C=O) groups excluding carboxylic acids is 2. The van der Waals surface area contributed by atoms with Crippen molar-refractivity contribution in [1.82, 2.24) is 10.6 Å². The number of hydrogen-bond donors (Lipinski definition) is 4. The molecule has 0 unspecified atom stereocenters. The zero-order valence-electron chi connectivity index (χ0n) is 10.6. The smallest absolute Gasteiger partial charge is 0.322 e. The zero-order chi connectivity index (χ0) is 15.8. The maximum Gasteiger partial charge on any atom is 0.322 e. The van der Waals surface area contributed by atoms with Crippen LogP contribution in [0.5, 0.6) is 0 Å². The molecule has 0 bridgehead atoms. The fourth-order valence-corrected chi connectivity index (χ4v) is 1.31. The minimum atomic E-state index is -1.22. The Labute approximate surface area is 118 Å². The number of nitrogens with zero attached hydrogens (tertiary/aromatic N) is 1. The van der Waals surface area contributed by atoms with Crippen molar-refractivity contribution in [3.8, 4) is 6.07 Å². The molecule has 0 heterocycles. The topological polar surface area (TPSA) is 131 Å². The second-order valence-electron chi connectivity index (χ2n) is 3.75. The number of urea groups is 1. The van der Waals surface area contributed by atoms with Crippen LogP contribution < -0.4 is 16.0 Å². The van der Waals surface area contributed by atoms with Crippen LogP contribution in [-0.4, -0.2) is 36.1 Å². The van der Waals surface area contributed by atoms with E-state index in [0.29, 0.717) is 0 Å². The number of anilines is 1. The van der Waals surface area contributed by atoms with Crippen LogP contribution in [0.2, 0.25) is 0 Å². The van der Waals surface area contributed by atoms with E-state index in [0.717, 1.165) is 6.07 Å². The number of hydrogen-bond acceptors (Lipinski definition) is 4. The maximum atomic E-state index is 13.3. The van der Waals surface area contributed by atoms with E-state index in [1.165, 1.54) is 12.1 Å². The van der Waals surface area contributed by atoms with Gasteiger partial charge in [-0.3, -0.25) is 9.59 Å². The van der Waals surface area contributed by atoms with Crippen molar-refractivity contribution in [2.24, 2.45) is 0 Å². The molecule has 0 atom stereocenters. The summed E-state index contributed by atoms with van der Waals surface area (Å²) in [5.41, 5.74) is -0.371. The number of halogens is 1. The van der Waals surface area contributed by atoms with Crippen LogP contribution in [0.25, 0.3) is 0 Å². The van der Waals surface area contributed by atoms with Crippen molar-refractivity contribution in [3.63, 3.8) is 0 Å². The third kappa shape index (κ3) is 5.15. The van der Waals surface area contributed by atoms with Crippen molar-refractivity contribution in [2.45, 2.75) is 0 Å². The number of benzene rings is 1. The van der Waals surface area contributed by atoms with Gasteiger partial charge in [0.15, 0.2) is 0 Å². The molecule has 9 heteroatoms. The molecule has 0 radical (unpaired) electrons. The van der Waals surface area contributed by atoms with Gasteiger partial charge in [0.05, 0.1) is 12.2 Å².